The Morgan fingerprint density at radius 3 is 2.72 bits per heavy atom. The molecule has 0 aliphatic heterocycles. The second-order valence-electron chi connectivity index (χ2n) is 4.17. The van der Waals surface area contributed by atoms with Gasteiger partial charge < -0.3 is 9.84 Å². The van der Waals surface area contributed by atoms with Crippen molar-refractivity contribution in [2.75, 3.05) is 6.61 Å². The number of ether oxygens (including phenoxy) is 1. The van der Waals surface area contributed by atoms with Gasteiger partial charge in [0.05, 0.1) is 11.6 Å². The summed E-state index contributed by atoms with van der Waals surface area (Å²) in [5.41, 5.74) is 1.19. The van der Waals surface area contributed by atoms with Crippen molar-refractivity contribution >= 4 is 17.6 Å². The highest BCUT2D eigenvalue weighted by atomic mass is 35.5. The first kappa shape index (κ1) is 14.8. The van der Waals surface area contributed by atoms with E-state index in [2.05, 4.69) is 6.92 Å². The van der Waals surface area contributed by atoms with Crippen LogP contribution in [0.15, 0.2) is 18.2 Å². The van der Waals surface area contributed by atoms with Gasteiger partial charge in [-0.3, -0.25) is 4.79 Å². The number of aryl methyl sites for hydroxylation is 1. The van der Waals surface area contributed by atoms with Gasteiger partial charge in [0, 0.05) is 6.42 Å². The molecule has 0 unspecified atom stereocenters. The monoisotopic (exact) mass is 270 g/mol. The minimum absolute atomic E-state index is 0.228. The summed E-state index contributed by atoms with van der Waals surface area (Å²) in [7, 11) is 0. The van der Waals surface area contributed by atoms with Crippen molar-refractivity contribution < 1.29 is 14.6 Å². The van der Waals surface area contributed by atoms with E-state index in [-0.39, 0.29) is 6.42 Å². The number of carboxylic acids is 1. The molecule has 1 rings (SSSR count). The molecule has 0 fully saturated rings. The summed E-state index contributed by atoms with van der Waals surface area (Å²) >= 11 is 6.09. The molecule has 0 amide bonds. The lowest BCUT2D eigenvalue weighted by Gasteiger charge is -2.08. The first-order valence-electron chi connectivity index (χ1n) is 6.26. The van der Waals surface area contributed by atoms with Crippen LogP contribution in [0.4, 0.5) is 0 Å². The van der Waals surface area contributed by atoms with Crippen molar-refractivity contribution in [3.05, 3.63) is 28.8 Å². The Balaban J connectivity index is 2.25. The van der Waals surface area contributed by atoms with Crippen LogP contribution in [0, 0.1) is 0 Å². The molecule has 0 bridgehead atoms. The van der Waals surface area contributed by atoms with E-state index in [1.54, 1.807) is 0 Å². The second kappa shape index (κ2) is 7.98. The number of hydrogen-bond acceptors (Lipinski definition) is 2. The fourth-order valence-corrected chi connectivity index (χ4v) is 1.88. The van der Waals surface area contributed by atoms with Gasteiger partial charge in [-0.25, -0.2) is 0 Å². The Hall–Kier alpha value is -1.22. The van der Waals surface area contributed by atoms with Crippen LogP contribution in [0.5, 0.6) is 5.75 Å². The van der Waals surface area contributed by atoms with Gasteiger partial charge in [-0.1, -0.05) is 24.6 Å². The fourth-order valence-electron chi connectivity index (χ4n) is 1.62. The van der Waals surface area contributed by atoms with E-state index in [9.17, 15) is 4.79 Å². The van der Waals surface area contributed by atoms with E-state index in [4.69, 9.17) is 21.4 Å². The Bertz CT molecular complexity index is 391. The lowest BCUT2D eigenvalue weighted by molar-refractivity contribution is -0.137. The van der Waals surface area contributed by atoms with Crippen LogP contribution in [0.1, 0.15) is 38.2 Å². The smallest absolute Gasteiger partial charge is 0.303 e. The maximum absolute atomic E-state index is 10.3. The van der Waals surface area contributed by atoms with Crippen LogP contribution in [0.2, 0.25) is 5.02 Å². The van der Waals surface area contributed by atoms with Crippen LogP contribution in [0.3, 0.4) is 0 Å². The van der Waals surface area contributed by atoms with Crippen molar-refractivity contribution in [3.63, 3.8) is 0 Å². The molecule has 3 nitrogen and oxygen atoms in total. The van der Waals surface area contributed by atoms with Crippen LogP contribution in [0.25, 0.3) is 0 Å². The van der Waals surface area contributed by atoms with Crippen LogP contribution in [-0.2, 0) is 11.2 Å². The molecular weight excluding hydrogens is 252 g/mol. The topological polar surface area (TPSA) is 46.5 Å². The molecule has 0 saturated carbocycles. The third-order valence-corrected chi connectivity index (χ3v) is 2.99. The highest BCUT2D eigenvalue weighted by molar-refractivity contribution is 6.32. The molecule has 0 spiro atoms. The fraction of sp³-hybridized carbons (Fsp3) is 0.500. The van der Waals surface area contributed by atoms with Gasteiger partial charge in [0.1, 0.15) is 5.75 Å². The number of aliphatic carboxylic acids is 1. The van der Waals surface area contributed by atoms with Crippen molar-refractivity contribution in [2.24, 2.45) is 0 Å². The molecule has 0 atom stereocenters. The summed E-state index contributed by atoms with van der Waals surface area (Å²) in [5.74, 6) is -0.0405. The minimum atomic E-state index is -0.742. The van der Waals surface area contributed by atoms with E-state index in [0.717, 1.165) is 19.3 Å². The summed E-state index contributed by atoms with van der Waals surface area (Å²) < 4.78 is 5.56. The van der Waals surface area contributed by atoms with Gasteiger partial charge in [-0.15, -0.1) is 0 Å². The lowest BCUT2D eigenvalue weighted by Crippen LogP contribution is -1.99. The summed E-state index contributed by atoms with van der Waals surface area (Å²) in [6.45, 7) is 2.65. The molecule has 1 N–H and O–H groups in total. The van der Waals surface area contributed by atoms with Crippen LogP contribution in [-0.4, -0.2) is 17.7 Å². The third kappa shape index (κ3) is 5.41. The van der Waals surface area contributed by atoms with Gasteiger partial charge in [0.15, 0.2) is 0 Å². The number of hydrogen-bond donors (Lipinski definition) is 1. The SMILES string of the molecule is CCc1ccc(OCCCCCC(=O)O)c(Cl)c1. The highest BCUT2D eigenvalue weighted by Crippen LogP contribution is 2.25. The van der Waals surface area contributed by atoms with Gasteiger partial charge in [-0.05, 0) is 43.4 Å². The molecule has 0 radical (unpaired) electrons. The Labute approximate surface area is 113 Å². The summed E-state index contributed by atoms with van der Waals surface area (Å²) in [5, 5.41) is 9.12. The van der Waals surface area contributed by atoms with Crippen molar-refractivity contribution in [3.8, 4) is 5.75 Å². The number of carbonyl (C=O) groups is 1. The van der Waals surface area contributed by atoms with E-state index in [1.807, 2.05) is 18.2 Å². The van der Waals surface area contributed by atoms with E-state index in [0.29, 0.717) is 23.8 Å². The molecule has 0 aromatic heterocycles. The quantitative estimate of drug-likeness (QED) is 0.728. The van der Waals surface area contributed by atoms with Crippen molar-refractivity contribution in [2.45, 2.75) is 39.0 Å². The Kier molecular flexibility index (Phi) is 6.58. The van der Waals surface area contributed by atoms with Crippen LogP contribution < -0.4 is 4.74 Å². The van der Waals surface area contributed by atoms with Crippen molar-refractivity contribution in [1.82, 2.24) is 0 Å². The van der Waals surface area contributed by atoms with Gasteiger partial charge in [0.2, 0.25) is 0 Å². The lowest BCUT2D eigenvalue weighted by atomic mass is 10.2. The average Bonchev–Trinajstić information content (AvgIpc) is 2.34. The van der Waals surface area contributed by atoms with Gasteiger partial charge >= 0.3 is 5.97 Å². The van der Waals surface area contributed by atoms with E-state index in [1.165, 1.54) is 5.56 Å². The molecule has 0 aliphatic carbocycles. The molecule has 0 saturated heterocycles. The molecule has 0 aliphatic rings. The highest BCUT2D eigenvalue weighted by Gasteiger charge is 2.02. The molecule has 100 valence electrons. The van der Waals surface area contributed by atoms with Gasteiger partial charge in [0.25, 0.3) is 0 Å². The number of carboxylic acid groups (broad SMARTS) is 1. The Morgan fingerprint density at radius 1 is 1.33 bits per heavy atom. The molecule has 4 heteroatoms. The number of rotatable bonds is 8. The van der Waals surface area contributed by atoms with E-state index >= 15 is 0 Å². The zero-order valence-corrected chi connectivity index (χ0v) is 11.4. The zero-order valence-electron chi connectivity index (χ0n) is 10.6. The van der Waals surface area contributed by atoms with Crippen molar-refractivity contribution in [1.29, 1.82) is 0 Å². The first-order chi connectivity index (χ1) is 8.63. The van der Waals surface area contributed by atoms with Gasteiger partial charge in [-0.2, -0.15) is 0 Å². The molecule has 1 aromatic rings. The number of benzene rings is 1. The minimum Gasteiger partial charge on any atom is -0.492 e. The Morgan fingerprint density at radius 2 is 2.11 bits per heavy atom. The molecule has 18 heavy (non-hydrogen) atoms. The standard InChI is InChI=1S/C14H19ClO3/c1-2-11-7-8-13(12(15)10-11)18-9-5-3-4-6-14(16)17/h7-8,10H,2-6,9H2,1H3,(H,16,17). The third-order valence-electron chi connectivity index (χ3n) is 2.70. The average molecular weight is 271 g/mol. The summed E-state index contributed by atoms with van der Waals surface area (Å²) in [6.07, 6.45) is 3.58. The largest absolute Gasteiger partial charge is 0.492 e. The predicted molar refractivity (Wildman–Crippen MR) is 72.4 cm³/mol. The van der Waals surface area contributed by atoms with E-state index < -0.39 is 5.97 Å². The summed E-state index contributed by atoms with van der Waals surface area (Å²) in [6, 6.07) is 5.81. The first-order valence-corrected chi connectivity index (χ1v) is 6.64. The molecular formula is C14H19ClO3. The summed E-state index contributed by atoms with van der Waals surface area (Å²) in [4.78, 5) is 10.3. The number of unbranched alkanes of at least 4 members (excludes halogenated alkanes) is 2. The number of halogens is 1. The zero-order chi connectivity index (χ0) is 13.4. The maximum atomic E-state index is 10.3. The predicted octanol–water partition coefficient (Wildman–Crippen LogP) is 3.93. The molecule has 0 heterocycles. The van der Waals surface area contributed by atoms with Crippen LogP contribution >= 0.6 is 11.6 Å². The second-order valence-corrected chi connectivity index (χ2v) is 4.58. The normalized spacial score (nSPS) is 10.3. The molecule has 1 aromatic carbocycles. The maximum Gasteiger partial charge on any atom is 0.303 e.